The van der Waals surface area contributed by atoms with Crippen molar-refractivity contribution in [3.63, 3.8) is 0 Å². The molecule has 2 rings (SSSR count). The SMILES string of the molecule is CC.CCN1CCN(c2cncc(C)c2)CC1. The van der Waals surface area contributed by atoms with Gasteiger partial charge in [-0.3, -0.25) is 4.98 Å². The highest BCUT2D eigenvalue weighted by Gasteiger charge is 2.15. The molecule has 0 bridgehead atoms. The molecule has 0 amide bonds. The second-order valence-electron chi connectivity index (χ2n) is 4.14. The Labute approximate surface area is 105 Å². The number of rotatable bonds is 2. The molecule has 1 aliphatic rings. The highest BCUT2D eigenvalue weighted by atomic mass is 15.3. The minimum atomic E-state index is 1.12. The lowest BCUT2D eigenvalue weighted by Crippen LogP contribution is -2.46. The Morgan fingerprint density at radius 2 is 1.76 bits per heavy atom. The van der Waals surface area contributed by atoms with Crippen molar-refractivity contribution in [3.05, 3.63) is 24.0 Å². The second-order valence-corrected chi connectivity index (χ2v) is 4.14. The predicted octanol–water partition coefficient (Wildman–Crippen LogP) is 2.56. The summed E-state index contributed by atoms with van der Waals surface area (Å²) in [6.07, 6.45) is 3.88. The molecule has 0 radical (unpaired) electrons. The van der Waals surface area contributed by atoms with Crippen molar-refractivity contribution >= 4 is 5.69 Å². The van der Waals surface area contributed by atoms with Gasteiger partial charge in [-0.05, 0) is 25.1 Å². The summed E-state index contributed by atoms with van der Waals surface area (Å²) in [5.41, 5.74) is 2.51. The molecule has 1 aromatic heterocycles. The van der Waals surface area contributed by atoms with Crippen molar-refractivity contribution in [2.24, 2.45) is 0 Å². The van der Waals surface area contributed by atoms with Gasteiger partial charge in [-0.2, -0.15) is 0 Å². The number of hydrogen-bond donors (Lipinski definition) is 0. The minimum absolute atomic E-state index is 1.12. The molecule has 1 aliphatic heterocycles. The standard InChI is InChI=1S/C12H19N3.C2H6/c1-3-14-4-6-15(7-5-14)12-8-11(2)9-13-10-12;1-2/h8-10H,3-7H2,1-2H3;1-2H3. The Kier molecular flexibility index (Phi) is 5.98. The van der Waals surface area contributed by atoms with Gasteiger partial charge < -0.3 is 9.80 Å². The molecule has 0 N–H and O–H groups in total. The molecule has 17 heavy (non-hydrogen) atoms. The third kappa shape index (κ3) is 4.00. The van der Waals surface area contributed by atoms with Gasteiger partial charge in [-0.25, -0.2) is 0 Å². The molecular weight excluding hydrogens is 210 g/mol. The molecule has 3 nitrogen and oxygen atoms in total. The van der Waals surface area contributed by atoms with Gasteiger partial charge in [-0.1, -0.05) is 20.8 Å². The number of likely N-dealkylation sites (N-methyl/N-ethyl adjacent to an activating group) is 1. The van der Waals surface area contributed by atoms with E-state index in [-0.39, 0.29) is 0 Å². The first-order valence-electron chi connectivity index (χ1n) is 6.68. The van der Waals surface area contributed by atoms with E-state index < -0.39 is 0 Å². The number of aryl methyl sites for hydroxylation is 1. The first kappa shape index (κ1) is 14.0. The molecular formula is C14H25N3. The van der Waals surface area contributed by atoms with Crippen molar-refractivity contribution in [2.45, 2.75) is 27.7 Å². The van der Waals surface area contributed by atoms with E-state index in [2.05, 4.69) is 34.7 Å². The Morgan fingerprint density at radius 1 is 1.12 bits per heavy atom. The first-order valence-corrected chi connectivity index (χ1v) is 6.68. The zero-order valence-corrected chi connectivity index (χ0v) is 11.6. The summed E-state index contributed by atoms with van der Waals surface area (Å²) in [6, 6.07) is 2.22. The molecule has 2 heterocycles. The highest BCUT2D eigenvalue weighted by molar-refractivity contribution is 5.46. The van der Waals surface area contributed by atoms with Crippen LogP contribution >= 0.6 is 0 Å². The van der Waals surface area contributed by atoms with Crippen LogP contribution in [0.4, 0.5) is 5.69 Å². The molecule has 0 aliphatic carbocycles. The van der Waals surface area contributed by atoms with E-state index in [1.54, 1.807) is 0 Å². The summed E-state index contributed by atoms with van der Waals surface area (Å²) in [6.45, 7) is 14.1. The van der Waals surface area contributed by atoms with Crippen LogP contribution in [0.1, 0.15) is 26.3 Å². The van der Waals surface area contributed by atoms with Gasteiger partial charge in [0.2, 0.25) is 0 Å². The third-order valence-corrected chi connectivity index (χ3v) is 3.05. The van der Waals surface area contributed by atoms with Crippen LogP contribution in [0, 0.1) is 6.92 Å². The van der Waals surface area contributed by atoms with Crippen molar-refractivity contribution in [3.8, 4) is 0 Å². The number of aromatic nitrogens is 1. The Bertz CT molecular complexity index is 317. The monoisotopic (exact) mass is 235 g/mol. The van der Waals surface area contributed by atoms with E-state index in [0.29, 0.717) is 0 Å². The number of hydrogen-bond acceptors (Lipinski definition) is 3. The summed E-state index contributed by atoms with van der Waals surface area (Å²) in [4.78, 5) is 9.15. The van der Waals surface area contributed by atoms with Gasteiger partial charge in [0.25, 0.3) is 0 Å². The van der Waals surface area contributed by atoms with Gasteiger partial charge in [0.1, 0.15) is 0 Å². The van der Waals surface area contributed by atoms with Gasteiger partial charge >= 0.3 is 0 Å². The molecule has 1 saturated heterocycles. The Balaban J connectivity index is 0.000000686. The van der Waals surface area contributed by atoms with Crippen LogP contribution in [0.5, 0.6) is 0 Å². The molecule has 0 saturated carbocycles. The van der Waals surface area contributed by atoms with Gasteiger partial charge in [-0.15, -0.1) is 0 Å². The molecule has 0 unspecified atom stereocenters. The summed E-state index contributed by atoms with van der Waals surface area (Å²) >= 11 is 0. The highest BCUT2D eigenvalue weighted by Crippen LogP contribution is 2.15. The van der Waals surface area contributed by atoms with E-state index in [9.17, 15) is 0 Å². The lowest BCUT2D eigenvalue weighted by atomic mass is 10.2. The molecule has 0 aromatic carbocycles. The maximum absolute atomic E-state index is 4.24. The fourth-order valence-corrected chi connectivity index (χ4v) is 2.03. The molecule has 3 heteroatoms. The fourth-order valence-electron chi connectivity index (χ4n) is 2.03. The van der Waals surface area contributed by atoms with Gasteiger partial charge in [0, 0.05) is 32.4 Å². The van der Waals surface area contributed by atoms with Crippen LogP contribution in [0.2, 0.25) is 0 Å². The molecule has 0 spiro atoms. The van der Waals surface area contributed by atoms with Crippen LogP contribution in [-0.2, 0) is 0 Å². The Morgan fingerprint density at radius 3 is 2.29 bits per heavy atom. The van der Waals surface area contributed by atoms with Crippen molar-refractivity contribution in [2.75, 3.05) is 37.6 Å². The van der Waals surface area contributed by atoms with Crippen molar-refractivity contribution in [1.29, 1.82) is 0 Å². The lowest BCUT2D eigenvalue weighted by molar-refractivity contribution is 0.271. The van der Waals surface area contributed by atoms with Crippen molar-refractivity contribution < 1.29 is 0 Å². The third-order valence-electron chi connectivity index (χ3n) is 3.05. The summed E-state index contributed by atoms with van der Waals surface area (Å²) in [5, 5.41) is 0. The second kappa shape index (κ2) is 7.28. The zero-order chi connectivity index (χ0) is 12.7. The maximum atomic E-state index is 4.24. The molecule has 1 fully saturated rings. The van der Waals surface area contributed by atoms with E-state index in [1.165, 1.54) is 30.9 Å². The number of pyridine rings is 1. The van der Waals surface area contributed by atoms with Crippen LogP contribution in [0.3, 0.4) is 0 Å². The fraction of sp³-hybridized carbons (Fsp3) is 0.643. The summed E-state index contributed by atoms with van der Waals surface area (Å²) in [5.74, 6) is 0. The van der Waals surface area contributed by atoms with Crippen LogP contribution in [0.15, 0.2) is 18.5 Å². The largest absolute Gasteiger partial charge is 0.368 e. The first-order chi connectivity index (χ1) is 8.29. The lowest BCUT2D eigenvalue weighted by Gasteiger charge is -2.35. The predicted molar refractivity (Wildman–Crippen MR) is 74.6 cm³/mol. The van der Waals surface area contributed by atoms with E-state index in [0.717, 1.165) is 13.1 Å². The smallest absolute Gasteiger partial charge is 0.0556 e. The topological polar surface area (TPSA) is 19.4 Å². The summed E-state index contributed by atoms with van der Waals surface area (Å²) < 4.78 is 0. The zero-order valence-electron chi connectivity index (χ0n) is 11.6. The summed E-state index contributed by atoms with van der Waals surface area (Å²) in [7, 11) is 0. The average Bonchev–Trinajstić information content (AvgIpc) is 2.41. The quantitative estimate of drug-likeness (QED) is 0.785. The van der Waals surface area contributed by atoms with Crippen LogP contribution in [0.25, 0.3) is 0 Å². The van der Waals surface area contributed by atoms with Crippen molar-refractivity contribution in [1.82, 2.24) is 9.88 Å². The Hall–Kier alpha value is -1.09. The van der Waals surface area contributed by atoms with Gasteiger partial charge in [0.05, 0.1) is 11.9 Å². The average molecular weight is 235 g/mol. The maximum Gasteiger partial charge on any atom is 0.0556 e. The molecule has 0 atom stereocenters. The van der Waals surface area contributed by atoms with E-state index in [1.807, 2.05) is 26.2 Å². The number of nitrogens with zero attached hydrogens (tertiary/aromatic N) is 3. The van der Waals surface area contributed by atoms with Gasteiger partial charge in [0.15, 0.2) is 0 Å². The minimum Gasteiger partial charge on any atom is -0.368 e. The molecule has 1 aromatic rings. The molecule has 96 valence electrons. The number of anilines is 1. The normalized spacial score (nSPS) is 16.4. The van der Waals surface area contributed by atoms with E-state index >= 15 is 0 Å². The van der Waals surface area contributed by atoms with Crippen LogP contribution in [-0.4, -0.2) is 42.6 Å². The van der Waals surface area contributed by atoms with E-state index in [4.69, 9.17) is 0 Å². The number of piperazine rings is 1. The van der Waals surface area contributed by atoms with Crippen LogP contribution < -0.4 is 4.90 Å².